The summed E-state index contributed by atoms with van der Waals surface area (Å²) in [5.74, 6) is 0.426. The van der Waals surface area contributed by atoms with E-state index in [1.165, 1.54) is 6.07 Å². The van der Waals surface area contributed by atoms with Gasteiger partial charge in [0.2, 0.25) is 0 Å². The van der Waals surface area contributed by atoms with Crippen molar-refractivity contribution in [1.29, 1.82) is 0 Å². The zero-order valence-corrected chi connectivity index (χ0v) is 13.5. The van der Waals surface area contributed by atoms with Crippen molar-refractivity contribution >= 4 is 5.82 Å². The summed E-state index contributed by atoms with van der Waals surface area (Å²) in [5, 5.41) is 13.5. The number of anilines is 1. The van der Waals surface area contributed by atoms with Crippen LogP contribution in [-0.4, -0.2) is 17.1 Å². The van der Waals surface area contributed by atoms with Crippen molar-refractivity contribution in [2.75, 3.05) is 12.4 Å². The molecule has 0 bridgehead atoms. The smallest absolute Gasteiger partial charge is 0.416 e. The first-order chi connectivity index (χ1) is 11.9. The lowest BCUT2D eigenvalue weighted by Gasteiger charge is -2.09. The monoisotopic (exact) mass is 346 g/mol. The molecule has 3 aromatic rings. The van der Waals surface area contributed by atoms with Gasteiger partial charge in [0.15, 0.2) is 0 Å². The van der Waals surface area contributed by atoms with Gasteiger partial charge in [-0.2, -0.15) is 13.2 Å². The maximum absolute atomic E-state index is 13.0. The van der Waals surface area contributed by atoms with E-state index in [-0.39, 0.29) is 5.75 Å². The second kappa shape index (κ2) is 6.55. The maximum atomic E-state index is 13.0. The summed E-state index contributed by atoms with van der Waals surface area (Å²) >= 11 is 0. The van der Waals surface area contributed by atoms with E-state index in [0.717, 1.165) is 17.7 Å². The Bertz CT molecular complexity index is 870. The molecule has 3 rings (SSSR count). The molecule has 0 aliphatic heterocycles. The van der Waals surface area contributed by atoms with Gasteiger partial charge >= 0.3 is 6.18 Å². The van der Waals surface area contributed by atoms with Crippen molar-refractivity contribution < 1.29 is 18.3 Å². The first kappa shape index (κ1) is 17.0. The highest BCUT2D eigenvalue weighted by molar-refractivity contribution is 5.83. The Balaban J connectivity index is 2.05. The fourth-order valence-corrected chi connectivity index (χ4v) is 2.79. The molecule has 0 fully saturated rings. The van der Waals surface area contributed by atoms with Gasteiger partial charge in [-0.25, -0.2) is 0 Å². The third-order valence-corrected chi connectivity index (χ3v) is 4.00. The van der Waals surface area contributed by atoms with Gasteiger partial charge in [0.05, 0.1) is 16.8 Å². The van der Waals surface area contributed by atoms with E-state index in [1.54, 1.807) is 13.1 Å². The number of halogens is 3. The minimum Gasteiger partial charge on any atom is -0.505 e. The van der Waals surface area contributed by atoms with Crippen LogP contribution in [0.25, 0.3) is 11.1 Å². The molecule has 130 valence electrons. The third kappa shape index (κ3) is 3.47. The van der Waals surface area contributed by atoms with Gasteiger partial charge in [-0.3, -0.25) is 0 Å². The largest absolute Gasteiger partial charge is 0.505 e. The first-order valence-electron chi connectivity index (χ1n) is 7.73. The summed E-state index contributed by atoms with van der Waals surface area (Å²) in [6, 6.07) is 14.4. The number of benzene rings is 2. The van der Waals surface area contributed by atoms with E-state index in [2.05, 4.69) is 10.3 Å². The van der Waals surface area contributed by atoms with Crippen LogP contribution in [0, 0.1) is 0 Å². The minimum absolute atomic E-state index is 0.0486. The van der Waals surface area contributed by atoms with Crippen molar-refractivity contribution in [3.8, 4) is 16.9 Å². The van der Waals surface area contributed by atoms with Crippen LogP contribution in [0.2, 0.25) is 0 Å². The van der Waals surface area contributed by atoms with Gasteiger partial charge in [0.25, 0.3) is 0 Å². The summed E-state index contributed by atoms with van der Waals surface area (Å²) < 4.78 is 38.9. The number of aromatic nitrogens is 1. The minimum atomic E-state index is -4.44. The Morgan fingerprint density at radius 1 is 1.04 bits per heavy atom. The molecule has 2 aromatic carbocycles. The Labute approximate surface area is 143 Å². The summed E-state index contributed by atoms with van der Waals surface area (Å²) in [6.07, 6.45) is -3.99. The molecule has 0 unspecified atom stereocenters. The number of aromatic amines is 1. The molecule has 0 saturated heterocycles. The first-order valence-corrected chi connectivity index (χ1v) is 7.73. The second-order valence-electron chi connectivity index (χ2n) is 5.69. The Morgan fingerprint density at radius 2 is 1.76 bits per heavy atom. The van der Waals surface area contributed by atoms with Crippen LogP contribution in [0.5, 0.6) is 5.75 Å². The summed E-state index contributed by atoms with van der Waals surface area (Å²) in [7, 11) is 1.65. The fraction of sp³-hybridized carbons (Fsp3) is 0.158. The van der Waals surface area contributed by atoms with Crippen LogP contribution in [-0.2, 0) is 12.6 Å². The second-order valence-corrected chi connectivity index (χ2v) is 5.69. The Kier molecular flexibility index (Phi) is 4.44. The predicted octanol–water partition coefficient (Wildman–Crippen LogP) is 5.04. The highest BCUT2D eigenvalue weighted by atomic mass is 19.4. The van der Waals surface area contributed by atoms with Crippen LogP contribution in [0.3, 0.4) is 0 Å². The number of H-pyrrole nitrogens is 1. The van der Waals surface area contributed by atoms with Gasteiger partial charge in [0.1, 0.15) is 11.6 Å². The average molecular weight is 346 g/mol. The lowest BCUT2D eigenvalue weighted by Crippen LogP contribution is -2.04. The molecular formula is C19H17F3N2O. The fourth-order valence-electron chi connectivity index (χ4n) is 2.79. The molecule has 0 atom stereocenters. The molecule has 0 aliphatic carbocycles. The summed E-state index contributed by atoms with van der Waals surface area (Å²) in [6.45, 7) is 0. The number of alkyl halides is 3. The van der Waals surface area contributed by atoms with Gasteiger partial charge in [-0.05, 0) is 23.3 Å². The molecule has 1 aromatic heterocycles. The highest BCUT2D eigenvalue weighted by Crippen LogP contribution is 2.41. The molecule has 0 aliphatic rings. The number of hydrogen-bond acceptors (Lipinski definition) is 2. The molecule has 6 heteroatoms. The van der Waals surface area contributed by atoms with E-state index < -0.39 is 11.7 Å². The van der Waals surface area contributed by atoms with Crippen LogP contribution < -0.4 is 5.32 Å². The van der Waals surface area contributed by atoms with E-state index in [1.807, 2.05) is 30.3 Å². The summed E-state index contributed by atoms with van der Waals surface area (Å²) in [4.78, 5) is 3.06. The van der Waals surface area contributed by atoms with Crippen LogP contribution in [0.1, 0.15) is 16.8 Å². The van der Waals surface area contributed by atoms with Crippen LogP contribution in [0.4, 0.5) is 19.0 Å². The standard InChI is InChI=1S/C19H17F3N2O/c1-23-18-16(13-8-5-9-14(11-13)19(20,21)22)17(25)15(24-18)10-12-6-3-2-4-7-12/h2-9,11,23-25H,10H2,1H3. The Hall–Kier alpha value is -2.89. The van der Waals surface area contributed by atoms with Crippen LogP contribution in [0.15, 0.2) is 54.6 Å². The van der Waals surface area contributed by atoms with E-state index in [9.17, 15) is 18.3 Å². The zero-order valence-electron chi connectivity index (χ0n) is 13.5. The number of aromatic hydroxyl groups is 1. The maximum Gasteiger partial charge on any atom is 0.416 e. The quantitative estimate of drug-likeness (QED) is 0.620. The highest BCUT2D eigenvalue weighted by Gasteiger charge is 2.31. The van der Waals surface area contributed by atoms with Gasteiger partial charge in [-0.1, -0.05) is 42.5 Å². The number of nitrogens with one attached hydrogen (secondary N) is 2. The molecule has 0 spiro atoms. The topological polar surface area (TPSA) is 48.0 Å². The lowest BCUT2D eigenvalue weighted by atomic mass is 10.0. The average Bonchev–Trinajstić information content (AvgIpc) is 2.91. The normalized spacial score (nSPS) is 11.5. The SMILES string of the molecule is CNc1[nH]c(Cc2ccccc2)c(O)c1-c1cccc(C(F)(F)F)c1. The van der Waals surface area contributed by atoms with Gasteiger partial charge in [-0.15, -0.1) is 0 Å². The van der Waals surface area contributed by atoms with E-state index in [0.29, 0.717) is 29.1 Å². The molecule has 25 heavy (non-hydrogen) atoms. The van der Waals surface area contributed by atoms with Crippen molar-refractivity contribution in [2.45, 2.75) is 12.6 Å². The zero-order chi connectivity index (χ0) is 18.0. The molecular weight excluding hydrogens is 329 g/mol. The molecule has 0 saturated carbocycles. The van der Waals surface area contributed by atoms with Crippen molar-refractivity contribution in [3.05, 3.63) is 71.4 Å². The molecule has 0 radical (unpaired) electrons. The Morgan fingerprint density at radius 3 is 2.40 bits per heavy atom. The van der Waals surface area contributed by atoms with Crippen LogP contribution >= 0.6 is 0 Å². The number of hydrogen-bond donors (Lipinski definition) is 3. The van der Waals surface area contributed by atoms with Crippen molar-refractivity contribution in [3.63, 3.8) is 0 Å². The predicted molar refractivity (Wildman–Crippen MR) is 91.7 cm³/mol. The van der Waals surface area contributed by atoms with E-state index >= 15 is 0 Å². The molecule has 0 amide bonds. The molecule has 1 heterocycles. The van der Waals surface area contributed by atoms with E-state index in [4.69, 9.17) is 0 Å². The van der Waals surface area contributed by atoms with Gasteiger partial charge < -0.3 is 15.4 Å². The third-order valence-electron chi connectivity index (χ3n) is 4.00. The molecule has 3 nitrogen and oxygen atoms in total. The lowest BCUT2D eigenvalue weighted by molar-refractivity contribution is -0.137. The van der Waals surface area contributed by atoms with Crippen molar-refractivity contribution in [1.82, 2.24) is 4.98 Å². The van der Waals surface area contributed by atoms with Crippen molar-refractivity contribution in [2.24, 2.45) is 0 Å². The molecule has 3 N–H and O–H groups in total. The van der Waals surface area contributed by atoms with Gasteiger partial charge in [0, 0.05) is 13.5 Å². The summed E-state index contributed by atoms with van der Waals surface area (Å²) in [5.41, 5.74) is 1.41. The number of rotatable bonds is 4.